The van der Waals surface area contributed by atoms with Crippen LogP contribution in [0.15, 0.2) is 59.4 Å². The molecule has 2 aromatic carbocycles. The van der Waals surface area contributed by atoms with E-state index in [9.17, 15) is 9.59 Å². The molecule has 0 saturated heterocycles. The maximum absolute atomic E-state index is 13.0. The molecule has 8 nitrogen and oxygen atoms in total. The summed E-state index contributed by atoms with van der Waals surface area (Å²) >= 11 is 6.23. The Balaban J connectivity index is 1.69. The van der Waals surface area contributed by atoms with Gasteiger partial charge >= 0.3 is 0 Å². The number of amides is 1. The minimum Gasteiger partial charge on any atom is -0.313 e. The Morgan fingerprint density at radius 1 is 1.03 bits per heavy atom. The lowest BCUT2D eigenvalue weighted by Gasteiger charge is -2.07. The van der Waals surface area contributed by atoms with E-state index >= 15 is 0 Å². The molecule has 0 bridgehead atoms. The van der Waals surface area contributed by atoms with Crippen LogP contribution >= 0.6 is 11.6 Å². The summed E-state index contributed by atoms with van der Waals surface area (Å²) in [4.78, 5) is 30.0. The fraction of sp³-hybridized carbons (Fsp3) is 0.143. The maximum Gasteiger partial charge on any atom is 0.295 e. The molecule has 4 rings (SSSR count). The van der Waals surface area contributed by atoms with Crippen molar-refractivity contribution in [2.45, 2.75) is 13.8 Å². The average molecular weight is 423 g/mol. The fourth-order valence-electron chi connectivity index (χ4n) is 3.22. The normalized spacial score (nSPS) is 10.9. The molecule has 4 aromatic rings. The second-order valence-electron chi connectivity index (χ2n) is 6.74. The van der Waals surface area contributed by atoms with Gasteiger partial charge in [-0.15, -0.1) is 5.10 Å². The predicted octanol–water partition coefficient (Wildman–Crippen LogP) is 3.28. The molecule has 0 radical (unpaired) electrons. The van der Waals surface area contributed by atoms with Crippen LogP contribution in [-0.2, 0) is 7.05 Å². The van der Waals surface area contributed by atoms with Gasteiger partial charge in [0, 0.05) is 7.05 Å². The van der Waals surface area contributed by atoms with Crippen molar-refractivity contribution in [2.24, 2.45) is 7.05 Å². The molecule has 0 aliphatic carbocycles. The molecule has 152 valence electrons. The lowest BCUT2D eigenvalue weighted by atomic mass is 10.3. The molecule has 1 amide bonds. The summed E-state index contributed by atoms with van der Waals surface area (Å²) in [6.45, 7) is 3.49. The lowest BCUT2D eigenvalue weighted by molar-refractivity contribution is 0.101. The molecule has 0 aliphatic rings. The summed E-state index contributed by atoms with van der Waals surface area (Å²) < 4.78 is 4.68. The molecule has 0 aliphatic heterocycles. The molecular formula is C21H19ClN6O2. The number of nitrogens with one attached hydrogen (secondary N) is 1. The number of carbonyl (C=O) groups excluding carboxylic acids is 1. The van der Waals surface area contributed by atoms with Crippen molar-refractivity contribution >= 4 is 23.2 Å². The zero-order chi connectivity index (χ0) is 21.4. The second kappa shape index (κ2) is 7.64. The van der Waals surface area contributed by atoms with Gasteiger partial charge in [0.1, 0.15) is 11.5 Å². The van der Waals surface area contributed by atoms with Crippen molar-refractivity contribution in [1.82, 2.24) is 24.1 Å². The van der Waals surface area contributed by atoms with Crippen LogP contribution in [0.2, 0.25) is 5.02 Å². The Kier molecular flexibility index (Phi) is 5.01. The Bertz CT molecular complexity index is 1300. The number of anilines is 1. The third-order valence-electron chi connectivity index (χ3n) is 4.85. The number of carbonyl (C=O) groups is 1. The molecule has 2 heterocycles. The van der Waals surface area contributed by atoms with Gasteiger partial charge in [-0.05, 0) is 38.1 Å². The third-order valence-corrected chi connectivity index (χ3v) is 5.17. The van der Waals surface area contributed by atoms with E-state index in [4.69, 9.17) is 11.6 Å². The van der Waals surface area contributed by atoms with Crippen LogP contribution in [0.1, 0.15) is 22.1 Å². The maximum atomic E-state index is 13.0. The number of halogens is 1. The first-order valence-corrected chi connectivity index (χ1v) is 9.60. The van der Waals surface area contributed by atoms with Gasteiger partial charge < -0.3 is 5.32 Å². The fourth-order valence-corrected chi connectivity index (χ4v) is 3.44. The molecule has 30 heavy (non-hydrogen) atoms. The lowest BCUT2D eigenvalue weighted by Crippen LogP contribution is -2.23. The Morgan fingerprint density at radius 3 is 2.40 bits per heavy atom. The van der Waals surface area contributed by atoms with Crippen molar-refractivity contribution in [1.29, 1.82) is 0 Å². The summed E-state index contributed by atoms with van der Waals surface area (Å²) in [6, 6.07) is 16.3. The van der Waals surface area contributed by atoms with Crippen molar-refractivity contribution in [3.63, 3.8) is 0 Å². The van der Waals surface area contributed by atoms with E-state index in [1.54, 1.807) is 37.7 Å². The molecule has 2 aromatic heterocycles. The van der Waals surface area contributed by atoms with Gasteiger partial charge in [-0.2, -0.15) is 0 Å². The number of hydrogen-bond donors (Lipinski definition) is 1. The van der Waals surface area contributed by atoms with Gasteiger partial charge in [0.25, 0.3) is 11.5 Å². The Morgan fingerprint density at radius 2 is 1.70 bits per heavy atom. The number of nitrogens with zero attached hydrogens (tertiary/aromatic N) is 5. The molecular weight excluding hydrogens is 404 g/mol. The number of hydrogen-bond acceptors (Lipinski definition) is 4. The highest BCUT2D eigenvalue weighted by atomic mass is 35.5. The Hall–Kier alpha value is -3.65. The largest absolute Gasteiger partial charge is 0.313 e. The van der Waals surface area contributed by atoms with Gasteiger partial charge in [-0.25, -0.2) is 14.3 Å². The molecule has 0 atom stereocenters. The van der Waals surface area contributed by atoms with Crippen LogP contribution in [0, 0.1) is 13.8 Å². The first-order chi connectivity index (χ1) is 14.4. The van der Waals surface area contributed by atoms with Gasteiger partial charge in [-0.3, -0.25) is 14.3 Å². The molecule has 0 saturated carbocycles. The van der Waals surface area contributed by atoms with Gasteiger partial charge in [0.05, 0.1) is 22.1 Å². The van der Waals surface area contributed by atoms with E-state index in [0.29, 0.717) is 27.9 Å². The number of para-hydroxylation sites is 2. The third kappa shape index (κ3) is 3.31. The van der Waals surface area contributed by atoms with E-state index in [1.807, 2.05) is 42.5 Å². The molecule has 1 N–H and O–H groups in total. The van der Waals surface area contributed by atoms with Gasteiger partial charge in [-0.1, -0.05) is 41.9 Å². The number of aryl methyl sites for hydroxylation is 1. The van der Waals surface area contributed by atoms with Crippen LogP contribution in [0.4, 0.5) is 5.69 Å². The highest BCUT2D eigenvalue weighted by Crippen LogP contribution is 2.20. The van der Waals surface area contributed by atoms with Crippen LogP contribution in [0.3, 0.4) is 0 Å². The second-order valence-corrected chi connectivity index (χ2v) is 7.14. The highest BCUT2D eigenvalue weighted by molar-refractivity contribution is 6.32. The molecule has 0 unspecified atom stereocenters. The van der Waals surface area contributed by atoms with Crippen molar-refractivity contribution in [3.05, 3.63) is 87.3 Å². The first-order valence-electron chi connectivity index (χ1n) is 9.22. The Labute approximate surface area is 177 Å². The smallest absolute Gasteiger partial charge is 0.295 e. The summed E-state index contributed by atoms with van der Waals surface area (Å²) in [6.07, 6.45) is 0. The summed E-state index contributed by atoms with van der Waals surface area (Å²) in [5.41, 5.74) is 1.77. The van der Waals surface area contributed by atoms with Crippen molar-refractivity contribution < 1.29 is 4.79 Å². The van der Waals surface area contributed by atoms with E-state index in [2.05, 4.69) is 15.4 Å². The van der Waals surface area contributed by atoms with Crippen molar-refractivity contribution in [2.75, 3.05) is 5.32 Å². The SMILES string of the molecule is Cc1nc(C(=O)Nc2c(C)n(C)n(-c3ccccc3)c2=O)nn1-c1ccccc1Cl. The van der Waals surface area contributed by atoms with E-state index < -0.39 is 5.91 Å². The summed E-state index contributed by atoms with van der Waals surface area (Å²) in [5, 5.41) is 7.43. The van der Waals surface area contributed by atoms with E-state index in [-0.39, 0.29) is 17.1 Å². The standard InChI is InChI=1S/C21H19ClN6O2/c1-13-18(21(30)28(26(13)3)15-9-5-4-6-10-15)24-20(29)19-23-14(2)27(25-19)17-12-8-7-11-16(17)22/h4-12H,1-3H3,(H,24,29). The van der Waals surface area contributed by atoms with E-state index in [0.717, 1.165) is 0 Å². The monoisotopic (exact) mass is 422 g/mol. The topological polar surface area (TPSA) is 86.7 Å². The van der Waals surface area contributed by atoms with Gasteiger partial charge in [0.15, 0.2) is 0 Å². The summed E-state index contributed by atoms with van der Waals surface area (Å²) in [5.74, 6) is -0.129. The number of rotatable bonds is 4. The van der Waals surface area contributed by atoms with Crippen LogP contribution in [0.25, 0.3) is 11.4 Å². The first kappa shape index (κ1) is 19.7. The van der Waals surface area contributed by atoms with E-state index in [1.165, 1.54) is 9.36 Å². The molecule has 9 heteroatoms. The number of aromatic nitrogens is 5. The minimum atomic E-state index is -0.574. The zero-order valence-electron chi connectivity index (χ0n) is 16.6. The quantitative estimate of drug-likeness (QED) is 0.546. The molecule has 0 fully saturated rings. The predicted molar refractivity (Wildman–Crippen MR) is 115 cm³/mol. The van der Waals surface area contributed by atoms with Crippen LogP contribution < -0.4 is 10.9 Å². The van der Waals surface area contributed by atoms with Crippen LogP contribution in [0.5, 0.6) is 0 Å². The average Bonchev–Trinajstić information content (AvgIpc) is 3.22. The minimum absolute atomic E-state index is 0.0543. The van der Waals surface area contributed by atoms with Crippen LogP contribution in [-0.4, -0.2) is 30.0 Å². The summed E-state index contributed by atoms with van der Waals surface area (Å²) in [7, 11) is 1.76. The van der Waals surface area contributed by atoms with Crippen molar-refractivity contribution in [3.8, 4) is 11.4 Å². The zero-order valence-corrected chi connectivity index (χ0v) is 17.4. The highest BCUT2D eigenvalue weighted by Gasteiger charge is 2.22. The number of benzene rings is 2. The molecule has 0 spiro atoms. The van der Waals surface area contributed by atoms with Gasteiger partial charge in [0.2, 0.25) is 5.82 Å².